The summed E-state index contributed by atoms with van der Waals surface area (Å²) in [7, 11) is 0. The zero-order valence-electron chi connectivity index (χ0n) is 13.4. The first-order chi connectivity index (χ1) is 9.83. The minimum absolute atomic E-state index is 0.0215. The van der Waals surface area contributed by atoms with Crippen molar-refractivity contribution in [2.24, 2.45) is 0 Å². The van der Waals surface area contributed by atoms with Crippen LogP contribution >= 0.6 is 0 Å². The Morgan fingerprint density at radius 1 is 1.19 bits per heavy atom. The third-order valence-corrected chi connectivity index (χ3v) is 3.04. The van der Waals surface area contributed by atoms with E-state index in [4.69, 9.17) is 4.42 Å². The van der Waals surface area contributed by atoms with E-state index in [1.807, 2.05) is 12.1 Å². The van der Waals surface area contributed by atoms with Crippen molar-refractivity contribution in [1.82, 2.24) is 15.5 Å². The summed E-state index contributed by atoms with van der Waals surface area (Å²) in [6.07, 6.45) is 0. The number of hydrogen-bond donors (Lipinski definition) is 2. The van der Waals surface area contributed by atoms with Crippen LogP contribution in [0.2, 0.25) is 0 Å². The summed E-state index contributed by atoms with van der Waals surface area (Å²) in [5, 5.41) is 14.5. The molecular formula is C16H24N4O. The Morgan fingerprint density at radius 3 is 2.62 bits per heavy atom. The maximum Gasteiger partial charge on any atom is 0.320 e. The monoisotopic (exact) mass is 288 g/mol. The van der Waals surface area contributed by atoms with Crippen molar-refractivity contribution in [2.45, 2.75) is 52.6 Å². The number of nitrogens with one attached hydrogen (secondary N) is 2. The van der Waals surface area contributed by atoms with Crippen LogP contribution in [0.1, 0.15) is 52.0 Å². The normalized spacial score (nSPS) is 11.9. The van der Waals surface area contributed by atoms with Crippen LogP contribution in [0.3, 0.4) is 0 Å². The first-order valence-electron chi connectivity index (χ1n) is 7.28. The molecule has 5 nitrogen and oxygen atoms in total. The van der Waals surface area contributed by atoms with E-state index in [0.717, 1.165) is 5.69 Å². The van der Waals surface area contributed by atoms with Crippen molar-refractivity contribution in [1.29, 1.82) is 0 Å². The molecule has 2 N–H and O–H groups in total. The topological polar surface area (TPSA) is 63.0 Å². The quantitative estimate of drug-likeness (QED) is 0.875. The van der Waals surface area contributed by atoms with Gasteiger partial charge in [-0.3, -0.25) is 0 Å². The van der Waals surface area contributed by atoms with Gasteiger partial charge in [0.2, 0.25) is 5.89 Å². The first-order valence-corrected chi connectivity index (χ1v) is 7.28. The number of rotatable bonds is 5. The lowest BCUT2D eigenvalue weighted by Gasteiger charge is -2.18. The van der Waals surface area contributed by atoms with Crippen molar-refractivity contribution >= 4 is 11.7 Å². The number of benzene rings is 1. The number of aromatic nitrogens is 2. The Kier molecular flexibility index (Phi) is 4.63. The average molecular weight is 288 g/mol. The molecule has 1 aromatic carbocycles. The van der Waals surface area contributed by atoms with Crippen molar-refractivity contribution in [2.75, 3.05) is 5.32 Å². The van der Waals surface area contributed by atoms with E-state index in [-0.39, 0.29) is 5.54 Å². The highest BCUT2D eigenvalue weighted by Gasteiger charge is 2.12. The van der Waals surface area contributed by atoms with Gasteiger partial charge >= 0.3 is 6.01 Å². The summed E-state index contributed by atoms with van der Waals surface area (Å²) in [5.74, 6) is 1.06. The molecule has 0 aliphatic carbocycles. The number of hydrogen-bond acceptors (Lipinski definition) is 5. The molecule has 0 atom stereocenters. The van der Waals surface area contributed by atoms with Crippen LogP contribution in [0.25, 0.3) is 0 Å². The molecule has 0 unspecified atom stereocenters. The lowest BCUT2D eigenvalue weighted by Crippen LogP contribution is -2.35. The summed E-state index contributed by atoms with van der Waals surface area (Å²) < 4.78 is 5.59. The molecule has 0 aliphatic rings. The fourth-order valence-corrected chi connectivity index (χ4v) is 1.82. The van der Waals surface area contributed by atoms with Gasteiger partial charge in [-0.15, -0.1) is 5.10 Å². The predicted molar refractivity (Wildman–Crippen MR) is 84.7 cm³/mol. The van der Waals surface area contributed by atoms with Gasteiger partial charge in [-0.05, 0) is 44.4 Å². The van der Waals surface area contributed by atoms with Crippen LogP contribution in [-0.2, 0) is 6.54 Å². The third kappa shape index (κ3) is 4.86. The molecule has 0 aliphatic heterocycles. The van der Waals surface area contributed by atoms with Gasteiger partial charge < -0.3 is 15.1 Å². The van der Waals surface area contributed by atoms with Crippen molar-refractivity contribution in [3.63, 3.8) is 0 Å². The molecule has 0 saturated carbocycles. The molecule has 5 heteroatoms. The van der Waals surface area contributed by atoms with E-state index >= 15 is 0 Å². The van der Waals surface area contributed by atoms with E-state index in [0.29, 0.717) is 24.4 Å². The van der Waals surface area contributed by atoms with Gasteiger partial charge in [-0.25, -0.2) is 0 Å². The predicted octanol–water partition coefficient (Wildman–Crippen LogP) is 3.82. The highest BCUT2D eigenvalue weighted by Crippen LogP contribution is 2.21. The summed E-state index contributed by atoms with van der Waals surface area (Å²) in [6, 6.07) is 8.64. The summed E-state index contributed by atoms with van der Waals surface area (Å²) in [6.45, 7) is 11.2. The van der Waals surface area contributed by atoms with Gasteiger partial charge in [0.15, 0.2) is 0 Å². The second-order valence-electron chi connectivity index (χ2n) is 6.51. The lowest BCUT2D eigenvalue weighted by atomic mass is 10.0. The largest absolute Gasteiger partial charge is 0.406 e. The van der Waals surface area contributed by atoms with Gasteiger partial charge in [0, 0.05) is 11.2 Å². The highest BCUT2D eigenvalue weighted by molar-refractivity contribution is 5.53. The zero-order valence-corrected chi connectivity index (χ0v) is 13.4. The maximum absolute atomic E-state index is 5.59. The second-order valence-corrected chi connectivity index (χ2v) is 6.51. The number of nitrogens with zero attached hydrogens (tertiary/aromatic N) is 2. The van der Waals surface area contributed by atoms with Gasteiger partial charge in [0.25, 0.3) is 0 Å². The summed E-state index contributed by atoms with van der Waals surface area (Å²) >= 11 is 0. The molecule has 114 valence electrons. The van der Waals surface area contributed by atoms with Crippen LogP contribution in [0, 0.1) is 0 Å². The standard InChI is InChI=1S/C16H24N4O/c1-11(2)12-7-6-8-13(9-12)18-15-20-19-14(21-15)10-17-16(3,4)5/h6-9,11,17H,10H2,1-5H3,(H,18,20). The van der Waals surface area contributed by atoms with Crippen LogP contribution in [0.5, 0.6) is 0 Å². The van der Waals surface area contributed by atoms with Crippen molar-refractivity contribution in [3.8, 4) is 0 Å². The van der Waals surface area contributed by atoms with Gasteiger partial charge in [-0.1, -0.05) is 31.1 Å². The molecule has 0 radical (unpaired) electrons. The van der Waals surface area contributed by atoms with Crippen LogP contribution in [0.4, 0.5) is 11.7 Å². The Labute approximate surface area is 126 Å². The molecule has 0 spiro atoms. The molecule has 1 heterocycles. The summed E-state index contributed by atoms with van der Waals surface area (Å²) in [5.41, 5.74) is 2.25. The van der Waals surface area contributed by atoms with Gasteiger partial charge in [0.1, 0.15) is 0 Å². The van der Waals surface area contributed by atoms with Crippen LogP contribution in [0.15, 0.2) is 28.7 Å². The highest BCUT2D eigenvalue weighted by atomic mass is 16.4. The van der Waals surface area contributed by atoms with Crippen molar-refractivity contribution < 1.29 is 4.42 Å². The molecular weight excluding hydrogens is 264 g/mol. The van der Waals surface area contributed by atoms with E-state index in [1.54, 1.807) is 0 Å². The molecule has 0 amide bonds. The third-order valence-electron chi connectivity index (χ3n) is 3.04. The lowest BCUT2D eigenvalue weighted by molar-refractivity contribution is 0.384. The molecule has 2 aromatic rings. The minimum Gasteiger partial charge on any atom is -0.406 e. The van der Waals surface area contributed by atoms with Gasteiger partial charge in [0.05, 0.1) is 6.54 Å². The van der Waals surface area contributed by atoms with E-state index < -0.39 is 0 Å². The van der Waals surface area contributed by atoms with Crippen molar-refractivity contribution in [3.05, 3.63) is 35.7 Å². The summed E-state index contributed by atoms with van der Waals surface area (Å²) in [4.78, 5) is 0. The Hall–Kier alpha value is -1.88. The Balaban J connectivity index is 2.00. The fraction of sp³-hybridized carbons (Fsp3) is 0.500. The minimum atomic E-state index is 0.0215. The molecule has 0 fully saturated rings. The fourth-order valence-electron chi connectivity index (χ4n) is 1.82. The smallest absolute Gasteiger partial charge is 0.320 e. The van der Waals surface area contributed by atoms with E-state index in [1.165, 1.54) is 5.56 Å². The zero-order chi connectivity index (χ0) is 15.5. The Morgan fingerprint density at radius 2 is 1.95 bits per heavy atom. The molecule has 0 saturated heterocycles. The average Bonchev–Trinajstić information content (AvgIpc) is 2.83. The van der Waals surface area contributed by atoms with Gasteiger partial charge in [-0.2, -0.15) is 0 Å². The molecule has 2 rings (SSSR count). The SMILES string of the molecule is CC(C)c1cccc(Nc2nnc(CNC(C)(C)C)o2)c1. The molecule has 0 bridgehead atoms. The van der Waals surface area contributed by atoms with E-state index in [2.05, 4.69) is 67.6 Å². The second kappa shape index (κ2) is 6.26. The van der Waals surface area contributed by atoms with Crippen LogP contribution in [-0.4, -0.2) is 15.7 Å². The van der Waals surface area contributed by atoms with Crippen LogP contribution < -0.4 is 10.6 Å². The number of anilines is 2. The molecule has 21 heavy (non-hydrogen) atoms. The maximum atomic E-state index is 5.59. The van der Waals surface area contributed by atoms with E-state index in [9.17, 15) is 0 Å². The Bertz CT molecular complexity index is 584. The first kappa shape index (κ1) is 15.5. The molecule has 1 aromatic heterocycles.